The fraction of sp³-hybridized carbons (Fsp3) is 0.462. The van der Waals surface area contributed by atoms with Crippen molar-refractivity contribution in [1.29, 1.82) is 0 Å². The van der Waals surface area contributed by atoms with Gasteiger partial charge in [0.15, 0.2) is 5.13 Å². The number of hydrogen-bond acceptors (Lipinski definition) is 7. The van der Waals surface area contributed by atoms with Gasteiger partial charge in [0.1, 0.15) is 11.6 Å². The number of amides is 1. The van der Waals surface area contributed by atoms with Crippen molar-refractivity contribution in [3.63, 3.8) is 0 Å². The number of thiazole rings is 1. The fourth-order valence-electron chi connectivity index (χ4n) is 4.90. The Kier molecular flexibility index (Phi) is 8.13. The highest BCUT2D eigenvalue weighted by Gasteiger charge is 2.42. The Morgan fingerprint density at radius 2 is 1.92 bits per heavy atom. The summed E-state index contributed by atoms with van der Waals surface area (Å²) in [5.41, 5.74) is 1.64. The van der Waals surface area contributed by atoms with Crippen molar-refractivity contribution >= 4 is 54.2 Å². The summed E-state index contributed by atoms with van der Waals surface area (Å²) >= 11 is 7.79. The van der Waals surface area contributed by atoms with E-state index in [1.54, 1.807) is 35.2 Å². The lowest BCUT2D eigenvalue weighted by Gasteiger charge is -2.30. The third kappa shape index (κ3) is 5.69. The van der Waals surface area contributed by atoms with E-state index >= 15 is 0 Å². The predicted molar refractivity (Wildman–Crippen MR) is 147 cm³/mol. The van der Waals surface area contributed by atoms with Crippen LogP contribution in [0, 0.1) is 6.92 Å². The van der Waals surface area contributed by atoms with E-state index < -0.39 is 16.1 Å². The number of carbonyl (C=O) groups is 1. The Hall–Kier alpha value is -2.08. The van der Waals surface area contributed by atoms with Crippen LogP contribution >= 0.6 is 22.9 Å². The molecule has 2 saturated heterocycles. The Balaban J connectivity index is 1.42. The van der Waals surface area contributed by atoms with Gasteiger partial charge >= 0.3 is 0 Å². The number of fused-ring (bicyclic) bond motifs is 1. The number of halogens is 1. The number of benzene rings is 2. The number of anilines is 1. The van der Waals surface area contributed by atoms with Gasteiger partial charge in [-0.25, -0.2) is 13.4 Å². The average molecular weight is 563 g/mol. The molecule has 1 unspecified atom stereocenters. The van der Waals surface area contributed by atoms with Crippen LogP contribution in [0.3, 0.4) is 0 Å². The van der Waals surface area contributed by atoms with Gasteiger partial charge in [0, 0.05) is 32.7 Å². The maximum Gasteiger partial charge on any atom is 0.247 e. The number of morpholine rings is 1. The molecule has 8 nitrogen and oxygen atoms in total. The lowest BCUT2D eigenvalue weighted by atomic mass is 10.2. The third-order valence-electron chi connectivity index (χ3n) is 6.93. The van der Waals surface area contributed by atoms with E-state index in [9.17, 15) is 13.2 Å². The molecule has 0 bridgehead atoms. The van der Waals surface area contributed by atoms with Crippen LogP contribution in [-0.2, 0) is 19.6 Å². The molecule has 1 amide bonds. The number of hydrogen-bond donors (Lipinski definition) is 0. The zero-order chi connectivity index (χ0) is 26.0. The maximum absolute atomic E-state index is 14.1. The van der Waals surface area contributed by atoms with E-state index in [1.165, 1.54) is 15.6 Å². The summed E-state index contributed by atoms with van der Waals surface area (Å²) in [4.78, 5) is 23.0. The number of sulfonamides is 1. The quantitative estimate of drug-likeness (QED) is 0.410. The van der Waals surface area contributed by atoms with Crippen molar-refractivity contribution in [1.82, 2.24) is 14.2 Å². The number of ether oxygens (including phenoxy) is 1. The van der Waals surface area contributed by atoms with Gasteiger partial charge in [-0.2, -0.15) is 4.31 Å². The fourth-order valence-corrected chi connectivity index (χ4v) is 7.84. The minimum Gasteiger partial charge on any atom is -0.379 e. The molecule has 5 rings (SSSR count). The van der Waals surface area contributed by atoms with E-state index in [-0.39, 0.29) is 10.8 Å². The zero-order valence-electron chi connectivity index (χ0n) is 20.8. The molecule has 11 heteroatoms. The molecule has 2 aliphatic rings. The Morgan fingerprint density at radius 1 is 1.16 bits per heavy atom. The normalized spacial score (nSPS) is 19.5. The molecule has 3 heterocycles. The Bertz CT molecular complexity index is 1360. The second-order valence-electron chi connectivity index (χ2n) is 9.47. The SMILES string of the molecule is Cc1ccc(S(=O)(=O)N2CCCC2C(=O)N(CCCN2CCOCC2)c2nc3c(Cl)cccc3s2)cc1. The monoisotopic (exact) mass is 562 g/mol. The van der Waals surface area contributed by atoms with Crippen molar-refractivity contribution < 1.29 is 17.9 Å². The number of carbonyl (C=O) groups excluding carboxylic acids is 1. The second-order valence-corrected chi connectivity index (χ2v) is 12.8. The van der Waals surface area contributed by atoms with Crippen molar-refractivity contribution in [2.24, 2.45) is 0 Å². The van der Waals surface area contributed by atoms with Gasteiger partial charge in [-0.3, -0.25) is 14.6 Å². The van der Waals surface area contributed by atoms with Gasteiger partial charge in [0.2, 0.25) is 15.9 Å². The number of para-hydroxylation sites is 1. The minimum absolute atomic E-state index is 0.212. The van der Waals surface area contributed by atoms with E-state index in [0.717, 1.165) is 36.3 Å². The first kappa shape index (κ1) is 26.5. The number of nitrogens with zero attached hydrogens (tertiary/aromatic N) is 4. The lowest BCUT2D eigenvalue weighted by Crippen LogP contribution is -2.48. The molecular formula is C26H31ClN4O4S2. The summed E-state index contributed by atoms with van der Waals surface area (Å²) in [7, 11) is -3.81. The molecule has 37 heavy (non-hydrogen) atoms. The molecule has 0 saturated carbocycles. The summed E-state index contributed by atoms with van der Waals surface area (Å²) in [6, 6.07) is 11.6. The molecule has 2 aromatic carbocycles. The van der Waals surface area contributed by atoms with Crippen molar-refractivity contribution in [2.45, 2.75) is 37.1 Å². The smallest absolute Gasteiger partial charge is 0.247 e. The van der Waals surface area contributed by atoms with Gasteiger partial charge in [-0.1, -0.05) is 46.7 Å². The molecule has 3 aromatic rings. The molecule has 198 valence electrons. The zero-order valence-corrected chi connectivity index (χ0v) is 23.2. The third-order valence-corrected chi connectivity index (χ3v) is 10.2. The molecule has 0 N–H and O–H groups in total. The number of rotatable bonds is 8. The Labute approximate surface area is 226 Å². The molecule has 1 atom stereocenters. The van der Waals surface area contributed by atoms with Crippen LogP contribution < -0.4 is 4.90 Å². The van der Waals surface area contributed by atoms with Crippen LogP contribution in [0.2, 0.25) is 5.02 Å². The molecule has 0 radical (unpaired) electrons. The van der Waals surface area contributed by atoms with Crippen LogP contribution in [0.25, 0.3) is 10.2 Å². The predicted octanol–water partition coefficient (Wildman–Crippen LogP) is 4.17. The van der Waals surface area contributed by atoms with Gasteiger partial charge in [-0.05, 0) is 50.5 Å². The number of aryl methyl sites for hydroxylation is 1. The van der Waals surface area contributed by atoms with Crippen molar-refractivity contribution in [3.05, 3.63) is 53.1 Å². The van der Waals surface area contributed by atoms with E-state index in [2.05, 4.69) is 4.90 Å². The van der Waals surface area contributed by atoms with Crippen LogP contribution in [0.4, 0.5) is 5.13 Å². The largest absolute Gasteiger partial charge is 0.379 e. The van der Waals surface area contributed by atoms with Crippen LogP contribution in [-0.4, -0.2) is 80.5 Å². The summed E-state index contributed by atoms with van der Waals surface area (Å²) in [5, 5.41) is 1.08. The second kappa shape index (κ2) is 11.3. The lowest BCUT2D eigenvalue weighted by molar-refractivity contribution is -0.121. The standard InChI is InChI=1S/C26H31ClN4O4S2/c1-19-8-10-20(11-9-19)37(33,34)31-14-3-6-22(31)25(32)30(13-4-12-29-15-17-35-18-16-29)26-28-24-21(27)5-2-7-23(24)36-26/h2,5,7-11,22H,3-4,6,12-18H2,1H3. The molecule has 0 aliphatic carbocycles. The summed E-state index contributed by atoms with van der Waals surface area (Å²) in [6.45, 7) is 6.68. The van der Waals surface area contributed by atoms with E-state index in [1.807, 2.05) is 19.1 Å². The van der Waals surface area contributed by atoms with Gasteiger partial charge < -0.3 is 4.74 Å². The highest BCUT2D eigenvalue weighted by molar-refractivity contribution is 7.89. The summed E-state index contributed by atoms with van der Waals surface area (Å²) < 4.78 is 34.8. The highest BCUT2D eigenvalue weighted by atomic mass is 35.5. The van der Waals surface area contributed by atoms with Crippen LogP contribution in [0.15, 0.2) is 47.4 Å². The van der Waals surface area contributed by atoms with Crippen LogP contribution in [0.1, 0.15) is 24.8 Å². The van der Waals surface area contributed by atoms with Gasteiger partial charge in [0.25, 0.3) is 0 Å². The van der Waals surface area contributed by atoms with Gasteiger partial charge in [-0.15, -0.1) is 0 Å². The first-order chi connectivity index (χ1) is 17.8. The topological polar surface area (TPSA) is 83.1 Å². The highest BCUT2D eigenvalue weighted by Crippen LogP contribution is 2.35. The average Bonchev–Trinajstić information content (AvgIpc) is 3.56. The first-order valence-electron chi connectivity index (χ1n) is 12.6. The minimum atomic E-state index is -3.81. The van der Waals surface area contributed by atoms with Crippen molar-refractivity contribution in [2.75, 3.05) is 50.8 Å². The van der Waals surface area contributed by atoms with Gasteiger partial charge in [0.05, 0.1) is 27.8 Å². The molecular weight excluding hydrogens is 532 g/mol. The molecule has 2 aliphatic heterocycles. The summed E-state index contributed by atoms with van der Waals surface area (Å²) in [6.07, 6.45) is 1.86. The number of aromatic nitrogens is 1. The Morgan fingerprint density at radius 3 is 2.65 bits per heavy atom. The van der Waals surface area contributed by atoms with Crippen LogP contribution in [0.5, 0.6) is 0 Å². The molecule has 2 fully saturated rings. The first-order valence-corrected chi connectivity index (χ1v) is 15.2. The molecule has 0 spiro atoms. The van der Waals surface area contributed by atoms with E-state index in [0.29, 0.717) is 54.8 Å². The molecule has 1 aromatic heterocycles. The maximum atomic E-state index is 14.1. The van der Waals surface area contributed by atoms with E-state index in [4.69, 9.17) is 21.3 Å². The van der Waals surface area contributed by atoms with Crippen molar-refractivity contribution in [3.8, 4) is 0 Å². The summed E-state index contributed by atoms with van der Waals surface area (Å²) in [5.74, 6) is -0.231.